The van der Waals surface area contributed by atoms with Crippen LogP contribution in [0.4, 0.5) is 21.8 Å². The fraction of sp³-hybridized carbons (Fsp3) is 0.481. The number of thiophene rings is 1. The summed E-state index contributed by atoms with van der Waals surface area (Å²) >= 11 is 1.51. The number of aromatic nitrogens is 3. The number of likely N-dealkylation sites (N-methyl/N-ethyl adjacent to an activating group) is 1. The molecule has 37 heavy (non-hydrogen) atoms. The highest BCUT2D eigenvalue weighted by atomic mass is 32.1. The Morgan fingerprint density at radius 3 is 2.54 bits per heavy atom. The van der Waals surface area contributed by atoms with Crippen LogP contribution in [0.15, 0.2) is 24.5 Å². The number of halogens is 1. The van der Waals surface area contributed by atoms with Crippen LogP contribution in [0, 0.1) is 18.2 Å². The Hall–Kier alpha value is -3.11. The van der Waals surface area contributed by atoms with Crippen molar-refractivity contribution >= 4 is 34.7 Å². The fourth-order valence-corrected chi connectivity index (χ4v) is 7.93. The minimum absolute atomic E-state index is 0.0118. The van der Waals surface area contributed by atoms with E-state index in [-0.39, 0.29) is 23.0 Å². The van der Waals surface area contributed by atoms with Gasteiger partial charge in [-0.2, -0.15) is 0 Å². The lowest BCUT2D eigenvalue weighted by atomic mass is 9.79. The van der Waals surface area contributed by atoms with Crippen molar-refractivity contribution in [1.82, 2.24) is 24.8 Å². The van der Waals surface area contributed by atoms with Gasteiger partial charge in [-0.05, 0) is 57.5 Å². The van der Waals surface area contributed by atoms with E-state index in [1.165, 1.54) is 37.0 Å². The van der Waals surface area contributed by atoms with Crippen molar-refractivity contribution < 1.29 is 9.18 Å². The highest BCUT2D eigenvalue weighted by molar-refractivity contribution is 7.16. The maximum Gasteiger partial charge on any atom is 0.255 e. The van der Waals surface area contributed by atoms with Gasteiger partial charge in [-0.3, -0.25) is 4.79 Å². The van der Waals surface area contributed by atoms with E-state index < -0.39 is 5.82 Å². The van der Waals surface area contributed by atoms with Crippen LogP contribution in [-0.2, 0) is 5.41 Å². The molecule has 3 aliphatic heterocycles. The van der Waals surface area contributed by atoms with Gasteiger partial charge in [0.2, 0.25) is 5.95 Å². The first-order valence-electron chi connectivity index (χ1n) is 12.8. The fourth-order valence-electron chi connectivity index (χ4n) is 6.41. The molecule has 3 aromatic heterocycles. The summed E-state index contributed by atoms with van der Waals surface area (Å²) < 4.78 is 15.0. The van der Waals surface area contributed by atoms with Gasteiger partial charge in [0.1, 0.15) is 11.5 Å². The molecule has 4 aliphatic rings. The molecule has 1 N–H and O–H groups in total. The SMILES string of the molecule is Cc1c(-c2nc(Nc3ccc(N4CC5(CCN(C)C5)C4)cn3)ncc2F)sc2c1C(=O)N(C)CC21CC1. The number of carbonyl (C=O) groups is 1. The van der Waals surface area contributed by atoms with Crippen LogP contribution in [0.2, 0.25) is 0 Å². The lowest BCUT2D eigenvalue weighted by Crippen LogP contribution is -2.57. The molecule has 2 spiro atoms. The molecular weight excluding hydrogens is 489 g/mol. The van der Waals surface area contributed by atoms with Gasteiger partial charge in [0.05, 0.1) is 28.5 Å². The van der Waals surface area contributed by atoms with Gasteiger partial charge >= 0.3 is 0 Å². The highest BCUT2D eigenvalue weighted by Crippen LogP contribution is 2.57. The number of anilines is 3. The first kappa shape index (κ1) is 23.0. The molecular formula is C27H30FN7OS. The van der Waals surface area contributed by atoms with Crippen LogP contribution in [0.1, 0.15) is 40.1 Å². The largest absolute Gasteiger partial charge is 0.369 e. The summed E-state index contributed by atoms with van der Waals surface area (Å²) in [6.07, 6.45) is 6.44. The Labute approximate surface area is 219 Å². The van der Waals surface area contributed by atoms with Crippen LogP contribution in [0.5, 0.6) is 0 Å². The number of rotatable bonds is 4. The van der Waals surface area contributed by atoms with Crippen molar-refractivity contribution in [1.29, 1.82) is 0 Å². The first-order chi connectivity index (χ1) is 17.8. The minimum Gasteiger partial charge on any atom is -0.369 e. The molecule has 8 nitrogen and oxygen atoms in total. The monoisotopic (exact) mass is 519 g/mol. The van der Waals surface area contributed by atoms with Gasteiger partial charge in [-0.25, -0.2) is 19.3 Å². The number of likely N-dealkylation sites (tertiary alicyclic amines) is 1. The van der Waals surface area contributed by atoms with E-state index in [0.29, 0.717) is 16.1 Å². The molecule has 3 aromatic rings. The minimum atomic E-state index is -0.495. The molecule has 1 saturated carbocycles. The average Bonchev–Trinajstić information content (AvgIpc) is 3.37. The van der Waals surface area contributed by atoms with Crippen molar-refractivity contribution in [2.75, 3.05) is 57.0 Å². The Bertz CT molecular complexity index is 1410. The molecule has 192 valence electrons. The van der Waals surface area contributed by atoms with Crippen LogP contribution in [0.3, 0.4) is 0 Å². The zero-order chi connectivity index (χ0) is 25.5. The summed E-state index contributed by atoms with van der Waals surface area (Å²) in [6.45, 7) is 7.11. The average molecular weight is 520 g/mol. The van der Waals surface area contributed by atoms with E-state index in [4.69, 9.17) is 0 Å². The van der Waals surface area contributed by atoms with Crippen LogP contribution < -0.4 is 10.2 Å². The molecule has 2 saturated heterocycles. The van der Waals surface area contributed by atoms with Crippen molar-refractivity contribution in [2.45, 2.75) is 31.6 Å². The van der Waals surface area contributed by atoms with Gasteiger partial charge < -0.3 is 20.0 Å². The molecule has 7 rings (SSSR count). The number of pyridine rings is 1. The highest BCUT2D eigenvalue weighted by Gasteiger charge is 2.53. The van der Waals surface area contributed by atoms with Crippen LogP contribution >= 0.6 is 11.3 Å². The second-order valence-corrected chi connectivity index (χ2v) is 12.5. The number of nitrogens with one attached hydrogen (secondary N) is 1. The van der Waals surface area contributed by atoms with Crippen LogP contribution in [0.25, 0.3) is 10.6 Å². The predicted molar refractivity (Wildman–Crippen MR) is 142 cm³/mol. The number of fused-ring (bicyclic) bond motifs is 2. The molecule has 10 heteroatoms. The van der Waals surface area contributed by atoms with Gasteiger partial charge in [-0.1, -0.05) is 0 Å². The summed E-state index contributed by atoms with van der Waals surface area (Å²) in [4.78, 5) is 34.6. The molecule has 0 bridgehead atoms. The molecule has 3 fully saturated rings. The summed E-state index contributed by atoms with van der Waals surface area (Å²) in [5, 5.41) is 3.13. The number of amides is 1. The maximum absolute atomic E-state index is 15.0. The number of hydrogen-bond acceptors (Lipinski definition) is 8. The number of hydrogen-bond donors (Lipinski definition) is 1. The molecule has 6 heterocycles. The molecule has 0 atom stereocenters. The van der Waals surface area contributed by atoms with E-state index in [9.17, 15) is 9.18 Å². The van der Waals surface area contributed by atoms with Gasteiger partial charge in [0, 0.05) is 48.9 Å². The lowest BCUT2D eigenvalue weighted by Gasteiger charge is -2.49. The molecule has 0 unspecified atom stereocenters. The number of carbonyl (C=O) groups excluding carboxylic acids is 1. The zero-order valence-corrected chi connectivity index (χ0v) is 22.2. The Morgan fingerprint density at radius 1 is 1.05 bits per heavy atom. The lowest BCUT2D eigenvalue weighted by molar-refractivity contribution is 0.0760. The van der Waals surface area contributed by atoms with Gasteiger partial charge in [-0.15, -0.1) is 11.3 Å². The Kier molecular flexibility index (Phi) is 4.95. The number of nitrogens with zero attached hydrogens (tertiary/aromatic N) is 6. The Morgan fingerprint density at radius 2 is 1.86 bits per heavy atom. The summed E-state index contributed by atoms with van der Waals surface area (Å²) in [5.41, 5.74) is 3.33. The third kappa shape index (κ3) is 3.64. The Balaban J connectivity index is 1.12. The van der Waals surface area contributed by atoms with Crippen molar-refractivity contribution in [2.24, 2.45) is 5.41 Å². The zero-order valence-electron chi connectivity index (χ0n) is 21.3. The molecule has 0 radical (unpaired) electrons. The second-order valence-electron chi connectivity index (χ2n) is 11.5. The molecule has 1 aliphatic carbocycles. The van der Waals surface area contributed by atoms with Crippen molar-refractivity contribution in [3.8, 4) is 10.6 Å². The summed E-state index contributed by atoms with van der Waals surface area (Å²) in [5.74, 6) is 0.403. The predicted octanol–water partition coefficient (Wildman–Crippen LogP) is 4.05. The molecule has 1 amide bonds. The van der Waals surface area contributed by atoms with Gasteiger partial charge in [0.25, 0.3) is 5.91 Å². The van der Waals surface area contributed by atoms with Gasteiger partial charge in [0.15, 0.2) is 5.82 Å². The second kappa shape index (κ2) is 7.94. The van der Waals surface area contributed by atoms with E-state index in [1.807, 2.05) is 26.2 Å². The van der Waals surface area contributed by atoms with Crippen LogP contribution in [-0.4, -0.2) is 77.5 Å². The smallest absolute Gasteiger partial charge is 0.255 e. The summed E-state index contributed by atoms with van der Waals surface area (Å²) in [7, 11) is 4.04. The summed E-state index contributed by atoms with van der Waals surface area (Å²) in [6, 6.07) is 3.97. The van der Waals surface area contributed by atoms with E-state index in [0.717, 1.165) is 54.2 Å². The van der Waals surface area contributed by atoms with Crippen molar-refractivity contribution in [3.05, 3.63) is 46.3 Å². The van der Waals surface area contributed by atoms with E-state index in [2.05, 4.69) is 43.2 Å². The van der Waals surface area contributed by atoms with E-state index in [1.54, 1.807) is 4.90 Å². The maximum atomic E-state index is 15.0. The third-order valence-corrected chi connectivity index (χ3v) is 10.1. The normalized spacial score (nSPS) is 21.5. The van der Waals surface area contributed by atoms with Crippen molar-refractivity contribution in [3.63, 3.8) is 0 Å². The standard InChI is InChI=1S/C27H30FN7OS/c1-16-20-23(27(6-7-27)15-34(3)24(20)36)37-22(16)21-18(28)11-30-25(32-21)31-19-5-4-17(10-29-19)35-13-26(14-35)8-9-33(2)12-26/h4-5,10-11H,6-9,12-15H2,1-3H3,(H,29,30,31,32). The quantitative estimate of drug-likeness (QED) is 0.557. The van der Waals surface area contributed by atoms with E-state index >= 15 is 0 Å². The first-order valence-corrected chi connectivity index (χ1v) is 13.7. The topological polar surface area (TPSA) is 77.5 Å². The third-order valence-electron chi connectivity index (χ3n) is 8.58. The molecule has 0 aromatic carbocycles.